The number of fused-ring (bicyclic) bond motifs is 1. The Morgan fingerprint density at radius 2 is 1.82 bits per heavy atom. The largest absolute Gasteiger partial charge is 0.385 e. The molecule has 1 heteroatoms. The van der Waals surface area contributed by atoms with Gasteiger partial charge in [0.05, 0.1) is 5.60 Å². The Hall–Kier alpha value is -0.300. The minimum atomic E-state index is -0.448. The smallest absolute Gasteiger partial charge is 0.0915 e. The standard InChI is InChI=1S/C10H16O/c1-7(2)10(11)8-5-3-4-6-9(8)10/h8-9,11H,1,3-6H2,2H3. The van der Waals surface area contributed by atoms with Crippen LogP contribution in [-0.2, 0) is 0 Å². The Kier molecular flexibility index (Phi) is 1.40. The lowest BCUT2D eigenvalue weighted by Crippen LogP contribution is -2.13. The third kappa shape index (κ3) is 0.807. The second kappa shape index (κ2) is 2.10. The zero-order valence-corrected chi connectivity index (χ0v) is 7.14. The molecule has 2 aliphatic carbocycles. The van der Waals surface area contributed by atoms with Gasteiger partial charge < -0.3 is 5.11 Å². The molecule has 62 valence electrons. The first-order valence-electron chi connectivity index (χ1n) is 4.55. The van der Waals surface area contributed by atoms with Crippen molar-refractivity contribution in [2.45, 2.75) is 38.2 Å². The molecule has 0 aromatic rings. The van der Waals surface area contributed by atoms with Crippen LogP contribution in [0.25, 0.3) is 0 Å². The molecule has 0 bridgehead atoms. The molecule has 2 rings (SSSR count). The van der Waals surface area contributed by atoms with E-state index in [1.807, 2.05) is 6.92 Å². The fourth-order valence-corrected chi connectivity index (χ4v) is 2.73. The van der Waals surface area contributed by atoms with Crippen molar-refractivity contribution in [2.24, 2.45) is 11.8 Å². The molecule has 0 spiro atoms. The van der Waals surface area contributed by atoms with Gasteiger partial charge in [0.2, 0.25) is 0 Å². The molecular formula is C10H16O. The normalized spacial score (nSPS) is 48.2. The van der Waals surface area contributed by atoms with Gasteiger partial charge in [-0.3, -0.25) is 0 Å². The fourth-order valence-electron chi connectivity index (χ4n) is 2.73. The van der Waals surface area contributed by atoms with Crippen LogP contribution in [-0.4, -0.2) is 10.7 Å². The van der Waals surface area contributed by atoms with Crippen molar-refractivity contribution in [3.8, 4) is 0 Å². The molecule has 2 unspecified atom stereocenters. The molecule has 0 radical (unpaired) electrons. The van der Waals surface area contributed by atoms with Crippen molar-refractivity contribution in [3.63, 3.8) is 0 Å². The van der Waals surface area contributed by atoms with E-state index in [0.717, 1.165) is 5.57 Å². The number of hydrogen-bond acceptors (Lipinski definition) is 1. The van der Waals surface area contributed by atoms with Crippen LogP contribution in [0.4, 0.5) is 0 Å². The average molecular weight is 152 g/mol. The van der Waals surface area contributed by atoms with Gasteiger partial charge in [-0.05, 0) is 37.2 Å². The van der Waals surface area contributed by atoms with Gasteiger partial charge in [0.25, 0.3) is 0 Å². The van der Waals surface area contributed by atoms with E-state index >= 15 is 0 Å². The van der Waals surface area contributed by atoms with Crippen LogP contribution in [0.3, 0.4) is 0 Å². The van der Waals surface area contributed by atoms with Gasteiger partial charge in [0, 0.05) is 0 Å². The molecule has 2 atom stereocenters. The molecule has 1 N–H and O–H groups in total. The third-order valence-corrected chi connectivity index (χ3v) is 3.47. The maximum absolute atomic E-state index is 10.1. The molecule has 11 heavy (non-hydrogen) atoms. The molecule has 0 aliphatic heterocycles. The highest BCUT2D eigenvalue weighted by molar-refractivity contribution is 5.28. The Balaban J connectivity index is 2.14. The minimum absolute atomic E-state index is 0.448. The summed E-state index contributed by atoms with van der Waals surface area (Å²) in [4.78, 5) is 0. The quantitative estimate of drug-likeness (QED) is 0.570. The van der Waals surface area contributed by atoms with E-state index in [1.54, 1.807) is 0 Å². The second-order valence-corrected chi connectivity index (χ2v) is 4.10. The molecule has 0 heterocycles. The summed E-state index contributed by atoms with van der Waals surface area (Å²) >= 11 is 0. The maximum Gasteiger partial charge on any atom is 0.0915 e. The predicted octanol–water partition coefficient (Wildman–Crippen LogP) is 2.11. The van der Waals surface area contributed by atoms with Crippen LogP contribution in [0.15, 0.2) is 12.2 Å². The summed E-state index contributed by atoms with van der Waals surface area (Å²) in [5, 5.41) is 10.1. The van der Waals surface area contributed by atoms with Gasteiger partial charge in [-0.1, -0.05) is 19.4 Å². The van der Waals surface area contributed by atoms with Crippen molar-refractivity contribution in [1.82, 2.24) is 0 Å². The van der Waals surface area contributed by atoms with Gasteiger partial charge >= 0.3 is 0 Å². The van der Waals surface area contributed by atoms with Crippen LogP contribution < -0.4 is 0 Å². The van der Waals surface area contributed by atoms with Gasteiger partial charge in [-0.15, -0.1) is 0 Å². The first-order valence-corrected chi connectivity index (χ1v) is 4.55. The monoisotopic (exact) mass is 152 g/mol. The summed E-state index contributed by atoms with van der Waals surface area (Å²) in [6, 6.07) is 0. The van der Waals surface area contributed by atoms with Gasteiger partial charge in [0.15, 0.2) is 0 Å². The summed E-state index contributed by atoms with van der Waals surface area (Å²) in [6.07, 6.45) is 5.04. The lowest BCUT2D eigenvalue weighted by atomic mass is 10.0. The Morgan fingerprint density at radius 3 is 2.18 bits per heavy atom. The Labute approximate surface area is 68.1 Å². The molecule has 2 saturated carbocycles. The molecular weight excluding hydrogens is 136 g/mol. The Morgan fingerprint density at radius 1 is 1.36 bits per heavy atom. The van der Waals surface area contributed by atoms with E-state index in [2.05, 4.69) is 6.58 Å². The Bertz CT molecular complexity index is 183. The molecule has 0 aromatic heterocycles. The van der Waals surface area contributed by atoms with Crippen molar-refractivity contribution < 1.29 is 5.11 Å². The summed E-state index contributed by atoms with van der Waals surface area (Å²) in [7, 11) is 0. The van der Waals surface area contributed by atoms with E-state index in [4.69, 9.17) is 0 Å². The second-order valence-electron chi connectivity index (χ2n) is 4.10. The predicted molar refractivity (Wildman–Crippen MR) is 45.2 cm³/mol. The van der Waals surface area contributed by atoms with Crippen molar-refractivity contribution >= 4 is 0 Å². The maximum atomic E-state index is 10.1. The number of aliphatic hydroxyl groups is 1. The van der Waals surface area contributed by atoms with Crippen LogP contribution >= 0.6 is 0 Å². The fraction of sp³-hybridized carbons (Fsp3) is 0.800. The minimum Gasteiger partial charge on any atom is -0.385 e. The van der Waals surface area contributed by atoms with Crippen molar-refractivity contribution in [1.29, 1.82) is 0 Å². The van der Waals surface area contributed by atoms with Gasteiger partial charge in [-0.25, -0.2) is 0 Å². The average Bonchev–Trinajstić information content (AvgIpc) is 2.61. The van der Waals surface area contributed by atoms with E-state index in [1.165, 1.54) is 25.7 Å². The highest BCUT2D eigenvalue weighted by atomic mass is 16.3. The topological polar surface area (TPSA) is 20.2 Å². The molecule has 0 saturated heterocycles. The van der Waals surface area contributed by atoms with E-state index in [9.17, 15) is 5.11 Å². The number of hydrogen-bond donors (Lipinski definition) is 1. The highest BCUT2D eigenvalue weighted by Gasteiger charge is 2.63. The molecule has 2 fully saturated rings. The number of rotatable bonds is 1. The molecule has 1 nitrogen and oxygen atoms in total. The summed E-state index contributed by atoms with van der Waals surface area (Å²) in [6.45, 7) is 5.82. The van der Waals surface area contributed by atoms with Crippen LogP contribution in [0.2, 0.25) is 0 Å². The lowest BCUT2D eigenvalue weighted by molar-refractivity contribution is 0.157. The van der Waals surface area contributed by atoms with E-state index in [0.29, 0.717) is 11.8 Å². The van der Waals surface area contributed by atoms with Crippen LogP contribution in [0, 0.1) is 11.8 Å². The zero-order chi connectivity index (χ0) is 8.06. The van der Waals surface area contributed by atoms with Crippen LogP contribution in [0.5, 0.6) is 0 Å². The van der Waals surface area contributed by atoms with Crippen molar-refractivity contribution in [3.05, 3.63) is 12.2 Å². The third-order valence-electron chi connectivity index (χ3n) is 3.47. The van der Waals surface area contributed by atoms with Crippen LogP contribution in [0.1, 0.15) is 32.6 Å². The first kappa shape index (κ1) is 7.35. The summed E-state index contributed by atoms with van der Waals surface area (Å²) in [5.41, 5.74) is 0.533. The molecule has 0 amide bonds. The molecule has 0 aromatic carbocycles. The summed E-state index contributed by atoms with van der Waals surface area (Å²) in [5.74, 6) is 1.13. The van der Waals surface area contributed by atoms with Gasteiger partial charge in [-0.2, -0.15) is 0 Å². The van der Waals surface area contributed by atoms with Crippen molar-refractivity contribution in [2.75, 3.05) is 0 Å². The zero-order valence-electron chi connectivity index (χ0n) is 7.14. The van der Waals surface area contributed by atoms with Gasteiger partial charge in [0.1, 0.15) is 0 Å². The van der Waals surface area contributed by atoms with E-state index in [-0.39, 0.29) is 0 Å². The highest BCUT2D eigenvalue weighted by Crippen LogP contribution is 2.61. The molecule has 2 aliphatic rings. The lowest BCUT2D eigenvalue weighted by Gasteiger charge is -2.08. The summed E-state index contributed by atoms with van der Waals surface area (Å²) < 4.78 is 0. The SMILES string of the molecule is C=C(C)C1(O)C2CCCCC21. The van der Waals surface area contributed by atoms with E-state index < -0.39 is 5.60 Å². The first-order chi connectivity index (χ1) is 5.17.